The van der Waals surface area contributed by atoms with Crippen LogP contribution < -0.4 is 5.32 Å². The number of nitrogens with zero attached hydrogens (tertiary/aromatic N) is 2. The molecule has 4 nitrogen and oxygen atoms in total. The number of thiophene rings is 1. The van der Waals surface area contributed by atoms with Crippen LogP contribution in [-0.2, 0) is 13.0 Å². The number of aromatic nitrogens is 1. The predicted octanol–water partition coefficient (Wildman–Crippen LogP) is 4.26. The van der Waals surface area contributed by atoms with Gasteiger partial charge in [-0.3, -0.25) is 0 Å². The van der Waals surface area contributed by atoms with Gasteiger partial charge in [-0.15, -0.1) is 22.7 Å². The average Bonchev–Trinajstić information content (AvgIpc) is 3.10. The van der Waals surface area contributed by atoms with Crippen LogP contribution in [0.3, 0.4) is 0 Å². The molecule has 0 fully saturated rings. The van der Waals surface area contributed by atoms with E-state index in [1.54, 1.807) is 22.7 Å². The highest BCUT2D eigenvalue weighted by Crippen LogP contribution is 2.26. The van der Waals surface area contributed by atoms with Crippen molar-refractivity contribution in [3.8, 4) is 0 Å². The molecular formula is C16H15N3OS2. The van der Waals surface area contributed by atoms with Crippen molar-refractivity contribution in [1.29, 1.82) is 0 Å². The molecule has 22 heavy (non-hydrogen) atoms. The molecule has 3 heterocycles. The summed E-state index contributed by atoms with van der Waals surface area (Å²) < 4.78 is 1.11. The number of benzene rings is 1. The van der Waals surface area contributed by atoms with E-state index < -0.39 is 0 Å². The molecule has 1 aromatic carbocycles. The lowest BCUT2D eigenvalue weighted by atomic mass is 10.1. The van der Waals surface area contributed by atoms with Crippen molar-refractivity contribution in [3.05, 3.63) is 45.1 Å². The lowest BCUT2D eigenvalue weighted by molar-refractivity contribution is 0.207. The first-order chi connectivity index (χ1) is 10.7. The third-order valence-electron chi connectivity index (χ3n) is 3.84. The molecule has 0 saturated carbocycles. The van der Waals surface area contributed by atoms with Crippen molar-refractivity contribution >= 4 is 44.6 Å². The highest BCUT2D eigenvalue weighted by molar-refractivity contribution is 7.18. The van der Waals surface area contributed by atoms with Crippen LogP contribution >= 0.6 is 22.7 Å². The first-order valence-electron chi connectivity index (χ1n) is 7.17. The van der Waals surface area contributed by atoms with E-state index in [4.69, 9.17) is 0 Å². The number of aryl methyl sites for hydroxylation is 1. The first kappa shape index (κ1) is 13.7. The number of hydrogen-bond donors (Lipinski definition) is 1. The molecule has 0 radical (unpaired) electrons. The number of anilines is 1. The molecule has 0 atom stereocenters. The minimum atomic E-state index is -0.0302. The molecule has 1 aliphatic rings. The summed E-state index contributed by atoms with van der Waals surface area (Å²) in [6, 6.07) is 7.96. The van der Waals surface area contributed by atoms with E-state index in [1.165, 1.54) is 10.4 Å². The smallest absolute Gasteiger partial charge is 0.320 e. The molecule has 2 amide bonds. The lowest BCUT2D eigenvalue weighted by Crippen LogP contribution is -2.38. The Kier molecular flexibility index (Phi) is 3.35. The minimum absolute atomic E-state index is 0.0302. The summed E-state index contributed by atoms with van der Waals surface area (Å²) in [5.41, 5.74) is 3.10. The Hall–Kier alpha value is -1.92. The van der Waals surface area contributed by atoms with E-state index in [2.05, 4.69) is 21.7 Å². The van der Waals surface area contributed by atoms with E-state index in [-0.39, 0.29) is 6.03 Å². The highest BCUT2D eigenvalue weighted by Gasteiger charge is 2.21. The maximum absolute atomic E-state index is 12.4. The molecular weight excluding hydrogens is 314 g/mol. The van der Waals surface area contributed by atoms with Gasteiger partial charge >= 0.3 is 6.03 Å². The fraction of sp³-hybridized carbons (Fsp3) is 0.250. The van der Waals surface area contributed by atoms with Gasteiger partial charge in [0.2, 0.25) is 0 Å². The van der Waals surface area contributed by atoms with Gasteiger partial charge in [-0.1, -0.05) is 0 Å². The number of thiazole rings is 1. The van der Waals surface area contributed by atoms with Gasteiger partial charge in [0.1, 0.15) is 0 Å². The summed E-state index contributed by atoms with van der Waals surface area (Å²) in [4.78, 5) is 20.2. The molecule has 4 rings (SSSR count). The third kappa shape index (κ3) is 2.48. The number of urea groups is 1. The van der Waals surface area contributed by atoms with E-state index in [9.17, 15) is 4.79 Å². The van der Waals surface area contributed by atoms with E-state index in [0.717, 1.165) is 33.9 Å². The van der Waals surface area contributed by atoms with Gasteiger partial charge in [-0.25, -0.2) is 9.78 Å². The molecule has 1 N–H and O–H groups in total. The van der Waals surface area contributed by atoms with Crippen LogP contribution in [0, 0.1) is 6.92 Å². The van der Waals surface area contributed by atoms with Crippen LogP contribution in [0.25, 0.3) is 10.2 Å². The topological polar surface area (TPSA) is 45.2 Å². The molecule has 0 bridgehead atoms. The van der Waals surface area contributed by atoms with Gasteiger partial charge in [0.15, 0.2) is 0 Å². The van der Waals surface area contributed by atoms with Gasteiger partial charge in [0, 0.05) is 23.7 Å². The van der Waals surface area contributed by atoms with Gasteiger partial charge in [0.25, 0.3) is 0 Å². The summed E-state index contributed by atoms with van der Waals surface area (Å²) >= 11 is 3.43. The van der Waals surface area contributed by atoms with Crippen LogP contribution in [0.4, 0.5) is 10.5 Å². The molecule has 0 saturated heterocycles. The Balaban J connectivity index is 1.51. The van der Waals surface area contributed by atoms with Gasteiger partial charge in [0.05, 0.1) is 15.2 Å². The van der Waals surface area contributed by atoms with Crippen molar-refractivity contribution in [2.24, 2.45) is 0 Å². The second-order valence-corrected chi connectivity index (χ2v) is 7.62. The number of hydrogen-bond acceptors (Lipinski definition) is 4. The van der Waals surface area contributed by atoms with E-state index >= 15 is 0 Å². The van der Waals surface area contributed by atoms with Crippen molar-refractivity contribution in [2.45, 2.75) is 19.9 Å². The Morgan fingerprint density at radius 3 is 3.18 bits per heavy atom. The second-order valence-electron chi connectivity index (χ2n) is 5.39. The summed E-state index contributed by atoms with van der Waals surface area (Å²) in [6.45, 7) is 3.48. The largest absolute Gasteiger partial charge is 0.322 e. The molecule has 0 spiro atoms. The van der Waals surface area contributed by atoms with Crippen LogP contribution in [0.5, 0.6) is 0 Å². The van der Waals surface area contributed by atoms with E-state index in [1.807, 2.05) is 30.0 Å². The summed E-state index contributed by atoms with van der Waals surface area (Å²) in [6.07, 6.45) is 0.952. The molecule has 0 unspecified atom stereocenters. The Morgan fingerprint density at radius 1 is 1.36 bits per heavy atom. The molecule has 6 heteroatoms. The van der Waals surface area contributed by atoms with Crippen molar-refractivity contribution < 1.29 is 4.79 Å². The van der Waals surface area contributed by atoms with Crippen LogP contribution in [0.15, 0.2) is 29.6 Å². The molecule has 2 aromatic heterocycles. The average molecular weight is 329 g/mol. The Labute approximate surface area is 136 Å². The Morgan fingerprint density at radius 2 is 2.27 bits per heavy atom. The molecule has 112 valence electrons. The van der Waals surface area contributed by atoms with E-state index in [0.29, 0.717) is 6.54 Å². The summed E-state index contributed by atoms with van der Waals surface area (Å²) in [7, 11) is 0. The minimum Gasteiger partial charge on any atom is -0.320 e. The SMILES string of the molecule is Cc1nc2ccc(NC(=O)N3CCc4sccc4C3)cc2s1. The number of rotatable bonds is 1. The fourth-order valence-electron chi connectivity index (χ4n) is 2.74. The third-order valence-corrected chi connectivity index (χ3v) is 5.80. The van der Waals surface area contributed by atoms with Crippen molar-refractivity contribution in [2.75, 3.05) is 11.9 Å². The standard InChI is InChI=1S/C16H15N3OS2/c1-10-17-13-3-2-12(8-15(13)22-10)18-16(20)19-6-4-14-11(9-19)5-7-21-14/h2-3,5,7-8H,4,6,9H2,1H3,(H,18,20). The molecule has 1 aliphatic heterocycles. The maximum Gasteiger partial charge on any atom is 0.322 e. The fourth-order valence-corrected chi connectivity index (χ4v) is 4.50. The first-order valence-corrected chi connectivity index (χ1v) is 8.87. The molecule has 0 aliphatic carbocycles. The zero-order valence-corrected chi connectivity index (χ0v) is 13.8. The number of nitrogens with one attached hydrogen (secondary N) is 1. The quantitative estimate of drug-likeness (QED) is 0.725. The zero-order chi connectivity index (χ0) is 15.1. The van der Waals surface area contributed by atoms with Crippen LogP contribution in [-0.4, -0.2) is 22.5 Å². The number of carbonyl (C=O) groups excluding carboxylic acids is 1. The van der Waals surface area contributed by atoms with Crippen LogP contribution in [0.2, 0.25) is 0 Å². The zero-order valence-electron chi connectivity index (χ0n) is 12.1. The van der Waals surface area contributed by atoms with Crippen molar-refractivity contribution in [1.82, 2.24) is 9.88 Å². The Bertz CT molecular complexity index is 852. The maximum atomic E-state index is 12.4. The second kappa shape index (κ2) is 5.37. The lowest BCUT2D eigenvalue weighted by Gasteiger charge is -2.27. The normalized spacial score (nSPS) is 14.1. The van der Waals surface area contributed by atoms with Crippen molar-refractivity contribution in [3.63, 3.8) is 0 Å². The summed E-state index contributed by atoms with van der Waals surface area (Å²) in [5.74, 6) is 0. The van der Waals surface area contributed by atoms with Gasteiger partial charge in [-0.05, 0) is 48.6 Å². The predicted molar refractivity (Wildman–Crippen MR) is 91.8 cm³/mol. The number of amides is 2. The summed E-state index contributed by atoms with van der Waals surface area (Å²) in [5, 5.41) is 6.15. The molecule has 3 aromatic rings. The number of fused-ring (bicyclic) bond motifs is 2. The van der Waals surface area contributed by atoms with Crippen LogP contribution in [0.1, 0.15) is 15.4 Å². The van der Waals surface area contributed by atoms with Gasteiger partial charge < -0.3 is 10.2 Å². The number of carbonyl (C=O) groups is 1. The monoisotopic (exact) mass is 329 g/mol. The highest BCUT2D eigenvalue weighted by atomic mass is 32.1. The van der Waals surface area contributed by atoms with Gasteiger partial charge in [-0.2, -0.15) is 0 Å².